The molecular formula is C21H27N3O3. The van der Waals surface area contributed by atoms with Crippen molar-refractivity contribution in [1.29, 1.82) is 0 Å². The maximum absolute atomic E-state index is 12.5. The van der Waals surface area contributed by atoms with Crippen LogP contribution in [0.5, 0.6) is 0 Å². The van der Waals surface area contributed by atoms with Gasteiger partial charge < -0.3 is 15.1 Å². The van der Waals surface area contributed by atoms with Gasteiger partial charge in [-0.15, -0.1) is 0 Å². The van der Waals surface area contributed by atoms with E-state index in [1.807, 2.05) is 36.9 Å². The van der Waals surface area contributed by atoms with Gasteiger partial charge >= 0.3 is 0 Å². The second-order valence-electron chi connectivity index (χ2n) is 8.37. The van der Waals surface area contributed by atoms with Gasteiger partial charge in [-0.2, -0.15) is 0 Å². The smallest absolute Gasteiger partial charge is 0.230 e. The highest BCUT2D eigenvalue weighted by Crippen LogP contribution is 2.38. The van der Waals surface area contributed by atoms with Gasteiger partial charge in [0.15, 0.2) is 0 Å². The van der Waals surface area contributed by atoms with Gasteiger partial charge in [-0.25, -0.2) is 0 Å². The third-order valence-corrected chi connectivity index (χ3v) is 5.64. The predicted molar refractivity (Wildman–Crippen MR) is 104 cm³/mol. The van der Waals surface area contributed by atoms with Crippen molar-refractivity contribution in [2.45, 2.75) is 39.5 Å². The van der Waals surface area contributed by atoms with E-state index < -0.39 is 0 Å². The van der Waals surface area contributed by atoms with Gasteiger partial charge in [0.2, 0.25) is 17.7 Å². The number of fused-ring (bicyclic) bond motifs is 1. The van der Waals surface area contributed by atoms with Crippen LogP contribution in [0, 0.1) is 17.8 Å². The van der Waals surface area contributed by atoms with E-state index in [1.54, 1.807) is 4.90 Å². The lowest BCUT2D eigenvalue weighted by atomic mass is 10.1. The summed E-state index contributed by atoms with van der Waals surface area (Å²) >= 11 is 0. The van der Waals surface area contributed by atoms with Crippen LogP contribution in [0.25, 0.3) is 0 Å². The molecule has 1 atom stereocenters. The van der Waals surface area contributed by atoms with Gasteiger partial charge in [0.1, 0.15) is 0 Å². The molecule has 4 rings (SSSR count). The third-order valence-electron chi connectivity index (χ3n) is 5.64. The van der Waals surface area contributed by atoms with E-state index in [-0.39, 0.29) is 36.0 Å². The van der Waals surface area contributed by atoms with Crippen LogP contribution in [-0.4, -0.2) is 37.4 Å². The summed E-state index contributed by atoms with van der Waals surface area (Å²) in [6, 6.07) is 5.88. The summed E-state index contributed by atoms with van der Waals surface area (Å²) in [6.07, 6.45) is 3.09. The van der Waals surface area contributed by atoms with Gasteiger partial charge in [0.25, 0.3) is 0 Å². The van der Waals surface area contributed by atoms with E-state index in [1.165, 1.54) is 0 Å². The van der Waals surface area contributed by atoms with Gasteiger partial charge in [-0.05, 0) is 48.9 Å². The first-order valence-corrected chi connectivity index (χ1v) is 9.96. The molecule has 144 valence electrons. The number of nitrogens with zero attached hydrogens (tertiary/aromatic N) is 2. The second-order valence-corrected chi connectivity index (χ2v) is 8.37. The van der Waals surface area contributed by atoms with Crippen LogP contribution in [0.4, 0.5) is 11.4 Å². The molecule has 3 aliphatic rings. The molecule has 1 aliphatic carbocycles. The fraction of sp³-hybridized carbons (Fsp3) is 0.571. The molecule has 1 aromatic rings. The number of amides is 3. The van der Waals surface area contributed by atoms with Crippen molar-refractivity contribution in [1.82, 2.24) is 5.32 Å². The number of benzene rings is 1. The molecular weight excluding hydrogens is 342 g/mol. The summed E-state index contributed by atoms with van der Waals surface area (Å²) in [5.74, 6) is 0.490. The molecule has 0 spiro atoms. The Morgan fingerprint density at radius 3 is 2.70 bits per heavy atom. The van der Waals surface area contributed by atoms with E-state index in [0.717, 1.165) is 42.7 Å². The maximum atomic E-state index is 12.5. The molecule has 1 aromatic carbocycles. The Balaban J connectivity index is 1.45. The Morgan fingerprint density at radius 2 is 2.00 bits per heavy atom. The first-order chi connectivity index (χ1) is 12.9. The van der Waals surface area contributed by atoms with Crippen molar-refractivity contribution in [3.05, 3.63) is 23.8 Å². The zero-order valence-corrected chi connectivity index (χ0v) is 16.0. The molecule has 6 heteroatoms. The third kappa shape index (κ3) is 3.57. The van der Waals surface area contributed by atoms with Gasteiger partial charge in [-0.3, -0.25) is 14.4 Å². The van der Waals surface area contributed by atoms with Crippen LogP contribution in [0.2, 0.25) is 0 Å². The molecule has 6 nitrogen and oxygen atoms in total. The number of carbonyl (C=O) groups excluding carboxylic acids is 3. The molecule has 2 aliphatic heterocycles. The molecule has 1 N–H and O–H groups in total. The number of nitrogens with one attached hydrogen (secondary N) is 1. The minimum absolute atomic E-state index is 0.0106. The van der Waals surface area contributed by atoms with Gasteiger partial charge in [-0.1, -0.05) is 13.8 Å². The Kier molecular flexibility index (Phi) is 4.66. The minimum atomic E-state index is -0.294. The second kappa shape index (κ2) is 6.98. The normalized spacial score (nSPS) is 21.7. The zero-order valence-electron chi connectivity index (χ0n) is 16.0. The topological polar surface area (TPSA) is 69.7 Å². The van der Waals surface area contributed by atoms with Gasteiger partial charge in [0, 0.05) is 43.3 Å². The van der Waals surface area contributed by atoms with Crippen LogP contribution in [0.1, 0.15) is 38.7 Å². The standard InChI is InChI=1S/C21H27N3O3/c1-13(2)11-22-20(26)16-10-19(25)24(12-16)17-5-6-18-15(9-17)7-8-23(18)21(27)14-3-4-14/h5-6,9,13-14,16H,3-4,7-8,10-12H2,1-2H3,(H,22,26)/t16-/m1/s1. The summed E-state index contributed by atoms with van der Waals surface area (Å²) in [7, 11) is 0. The first kappa shape index (κ1) is 18.0. The summed E-state index contributed by atoms with van der Waals surface area (Å²) in [5, 5.41) is 2.93. The molecule has 2 fully saturated rings. The Morgan fingerprint density at radius 1 is 1.22 bits per heavy atom. The molecule has 0 aromatic heterocycles. The Hall–Kier alpha value is -2.37. The maximum Gasteiger partial charge on any atom is 0.230 e. The van der Waals surface area contributed by atoms with Crippen LogP contribution in [0.15, 0.2) is 18.2 Å². The molecule has 0 bridgehead atoms. The molecule has 1 saturated heterocycles. The first-order valence-electron chi connectivity index (χ1n) is 9.96. The quantitative estimate of drug-likeness (QED) is 0.864. The molecule has 27 heavy (non-hydrogen) atoms. The number of anilines is 2. The van der Waals surface area contributed by atoms with Gasteiger partial charge in [0.05, 0.1) is 5.92 Å². The Labute approximate surface area is 159 Å². The highest BCUT2D eigenvalue weighted by atomic mass is 16.2. The average molecular weight is 369 g/mol. The van der Waals surface area contributed by atoms with E-state index in [4.69, 9.17) is 0 Å². The summed E-state index contributed by atoms with van der Waals surface area (Å²) in [6.45, 7) is 5.88. The van der Waals surface area contributed by atoms with Crippen LogP contribution < -0.4 is 15.1 Å². The van der Waals surface area contributed by atoms with Crippen LogP contribution in [-0.2, 0) is 20.8 Å². The fourth-order valence-corrected chi connectivity index (χ4v) is 3.92. The largest absolute Gasteiger partial charge is 0.356 e. The SMILES string of the molecule is CC(C)CNC(=O)[C@@H]1CC(=O)N(c2ccc3c(c2)CCN3C(=O)C2CC2)C1. The van der Waals surface area contributed by atoms with Crippen molar-refractivity contribution in [3.63, 3.8) is 0 Å². The zero-order chi connectivity index (χ0) is 19.1. The van der Waals surface area contributed by atoms with Crippen LogP contribution in [0.3, 0.4) is 0 Å². The highest BCUT2D eigenvalue weighted by molar-refractivity contribution is 6.02. The summed E-state index contributed by atoms with van der Waals surface area (Å²) in [5.41, 5.74) is 2.93. The number of carbonyl (C=O) groups is 3. The van der Waals surface area contributed by atoms with Crippen molar-refractivity contribution in [2.24, 2.45) is 17.8 Å². The van der Waals surface area contributed by atoms with Crippen LogP contribution >= 0.6 is 0 Å². The van der Waals surface area contributed by atoms with Crippen molar-refractivity contribution in [2.75, 3.05) is 29.4 Å². The summed E-state index contributed by atoms with van der Waals surface area (Å²) < 4.78 is 0. The number of hydrogen-bond donors (Lipinski definition) is 1. The van der Waals surface area contributed by atoms with E-state index >= 15 is 0 Å². The number of rotatable bonds is 5. The lowest BCUT2D eigenvalue weighted by Gasteiger charge is -2.20. The molecule has 1 saturated carbocycles. The minimum Gasteiger partial charge on any atom is -0.356 e. The summed E-state index contributed by atoms with van der Waals surface area (Å²) in [4.78, 5) is 40.8. The van der Waals surface area contributed by atoms with E-state index in [0.29, 0.717) is 19.0 Å². The molecule has 3 amide bonds. The van der Waals surface area contributed by atoms with Crippen molar-refractivity contribution < 1.29 is 14.4 Å². The van der Waals surface area contributed by atoms with Crippen molar-refractivity contribution in [3.8, 4) is 0 Å². The number of hydrogen-bond acceptors (Lipinski definition) is 3. The van der Waals surface area contributed by atoms with E-state index in [2.05, 4.69) is 5.32 Å². The fourth-order valence-electron chi connectivity index (χ4n) is 3.92. The van der Waals surface area contributed by atoms with E-state index in [9.17, 15) is 14.4 Å². The highest BCUT2D eigenvalue weighted by Gasteiger charge is 2.38. The lowest BCUT2D eigenvalue weighted by molar-refractivity contribution is -0.126. The van der Waals surface area contributed by atoms with Crippen molar-refractivity contribution >= 4 is 29.1 Å². The molecule has 0 radical (unpaired) electrons. The average Bonchev–Trinajstić information content (AvgIpc) is 3.30. The predicted octanol–water partition coefficient (Wildman–Crippen LogP) is 2.11. The lowest BCUT2D eigenvalue weighted by Crippen LogP contribution is -2.35. The monoisotopic (exact) mass is 369 g/mol. The molecule has 2 heterocycles. The Bertz CT molecular complexity index is 785. The molecule has 0 unspecified atom stereocenters.